The third-order valence-electron chi connectivity index (χ3n) is 4.67. The third kappa shape index (κ3) is 4.15. The molecule has 0 aromatic heterocycles. The number of hydrogen-bond donors (Lipinski definition) is 1. The van der Waals surface area contributed by atoms with Crippen molar-refractivity contribution in [3.63, 3.8) is 0 Å². The predicted molar refractivity (Wildman–Crippen MR) is 98.0 cm³/mol. The van der Waals surface area contributed by atoms with Crippen LogP contribution in [-0.2, 0) is 11.3 Å². The summed E-state index contributed by atoms with van der Waals surface area (Å²) in [4.78, 5) is 17.0. The molecule has 0 spiro atoms. The smallest absolute Gasteiger partial charge is 0.237 e. The zero-order valence-corrected chi connectivity index (χ0v) is 14.2. The number of carbonyl (C=O) groups is 1. The Balaban J connectivity index is 1.47. The molecule has 1 saturated heterocycles. The molecule has 2 aromatic rings. The van der Waals surface area contributed by atoms with E-state index in [1.54, 1.807) is 0 Å². The Hall–Kier alpha value is -2.33. The summed E-state index contributed by atoms with van der Waals surface area (Å²) in [5.41, 5.74) is 2.39. The molecule has 0 radical (unpaired) electrons. The monoisotopic (exact) mass is 323 g/mol. The van der Waals surface area contributed by atoms with Crippen LogP contribution in [0.2, 0.25) is 0 Å². The predicted octanol–water partition coefficient (Wildman–Crippen LogP) is 2.51. The van der Waals surface area contributed by atoms with Crippen LogP contribution in [0.25, 0.3) is 0 Å². The van der Waals surface area contributed by atoms with Crippen LogP contribution in [0.15, 0.2) is 60.7 Å². The molecule has 0 bridgehead atoms. The molecule has 4 heteroatoms. The van der Waals surface area contributed by atoms with Crippen LogP contribution in [-0.4, -0.2) is 43.0 Å². The first-order valence-corrected chi connectivity index (χ1v) is 8.60. The van der Waals surface area contributed by atoms with E-state index in [2.05, 4.69) is 39.4 Å². The highest BCUT2D eigenvalue weighted by atomic mass is 16.2. The van der Waals surface area contributed by atoms with Crippen LogP contribution in [0, 0.1) is 0 Å². The van der Waals surface area contributed by atoms with Crippen molar-refractivity contribution in [2.24, 2.45) is 0 Å². The number of hydrogen-bond acceptors (Lipinski definition) is 3. The van der Waals surface area contributed by atoms with Crippen molar-refractivity contribution in [1.29, 1.82) is 0 Å². The SMILES string of the molecule is C[C@H](C(=O)NCc1ccccc1)N1CCN(c2ccccc2)CC1. The molecule has 1 N–H and O–H groups in total. The summed E-state index contributed by atoms with van der Waals surface area (Å²) in [5.74, 6) is 0.104. The summed E-state index contributed by atoms with van der Waals surface area (Å²) >= 11 is 0. The van der Waals surface area contributed by atoms with Gasteiger partial charge in [0.25, 0.3) is 0 Å². The molecule has 1 fully saturated rings. The van der Waals surface area contributed by atoms with E-state index in [1.165, 1.54) is 5.69 Å². The molecule has 1 atom stereocenters. The lowest BCUT2D eigenvalue weighted by atomic mass is 10.2. The van der Waals surface area contributed by atoms with Gasteiger partial charge < -0.3 is 10.2 Å². The Bertz CT molecular complexity index is 636. The molecule has 4 nitrogen and oxygen atoms in total. The van der Waals surface area contributed by atoms with Crippen LogP contribution in [0.5, 0.6) is 0 Å². The molecule has 126 valence electrons. The van der Waals surface area contributed by atoms with Crippen molar-refractivity contribution in [2.75, 3.05) is 31.1 Å². The van der Waals surface area contributed by atoms with Crippen molar-refractivity contribution in [3.05, 3.63) is 66.2 Å². The number of nitrogens with zero attached hydrogens (tertiary/aromatic N) is 2. The van der Waals surface area contributed by atoms with Crippen molar-refractivity contribution in [2.45, 2.75) is 19.5 Å². The number of piperazine rings is 1. The zero-order chi connectivity index (χ0) is 16.8. The average Bonchev–Trinajstić information content (AvgIpc) is 2.67. The van der Waals surface area contributed by atoms with E-state index >= 15 is 0 Å². The minimum Gasteiger partial charge on any atom is -0.369 e. The maximum absolute atomic E-state index is 12.4. The minimum atomic E-state index is -0.0911. The average molecular weight is 323 g/mol. The van der Waals surface area contributed by atoms with E-state index in [0.29, 0.717) is 6.54 Å². The van der Waals surface area contributed by atoms with Crippen molar-refractivity contribution >= 4 is 11.6 Å². The van der Waals surface area contributed by atoms with Gasteiger partial charge in [-0.2, -0.15) is 0 Å². The fourth-order valence-electron chi connectivity index (χ4n) is 3.10. The largest absolute Gasteiger partial charge is 0.369 e. The van der Waals surface area contributed by atoms with Crippen LogP contribution < -0.4 is 10.2 Å². The maximum Gasteiger partial charge on any atom is 0.237 e. The minimum absolute atomic E-state index is 0.0911. The third-order valence-corrected chi connectivity index (χ3v) is 4.67. The standard InChI is InChI=1S/C20H25N3O/c1-17(20(24)21-16-18-8-4-2-5-9-18)22-12-14-23(15-13-22)19-10-6-3-7-11-19/h2-11,17H,12-16H2,1H3,(H,21,24)/t17-/m1/s1. The Morgan fingerprint density at radius 1 is 0.958 bits per heavy atom. The van der Waals surface area contributed by atoms with Crippen molar-refractivity contribution in [1.82, 2.24) is 10.2 Å². The van der Waals surface area contributed by atoms with Crippen LogP contribution in [0.1, 0.15) is 12.5 Å². The maximum atomic E-state index is 12.4. The second-order valence-corrected chi connectivity index (χ2v) is 6.24. The second-order valence-electron chi connectivity index (χ2n) is 6.24. The normalized spacial score (nSPS) is 16.6. The van der Waals surface area contributed by atoms with Crippen LogP contribution in [0.4, 0.5) is 5.69 Å². The molecule has 0 saturated carbocycles. The molecular formula is C20H25N3O. The lowest BCUT2D eigenvalue weighted by molar-refractivity contribution is -0.126. The van der Waals surface area contributed by atoms with Crippen molar-refractivity contribution in [3.8, 4) is 0 Å². The summed E-state index contributed by atoms with van der Waals surface area (Å²) < 4.78 is 0. The van der Waals surface area contributed by atoms with Gasteiger partial charge >= 0.3 is 0 Å². The lowest BCUT2D eigenvalue weighted by Crippen LogP contribution is -2.53. The number of anilines is 1. The van der Waals surface area contributed by atoms with E-state index in [9.17, 15) is 4.79 Å². The molecule has 1 amide bonds. The number of nitrogens with one attached hydrogen (secondary N) is 1. The van der Waals surface area contributed by atoms with Gasteiger partial charge in [-0.25, -0.2) is 0 Å². The Kier molecular flexibility index (Phi) is 5.49. The van der Waals surface area contributed by atoms with Gasteiger partial charge in [-0.1, -0.05) is 48.5 Å². The molecular weight excluding hydrogens is 298 g/mol. The quantitative estimate of drug-likeness (QED) is 0.918. The first-order valence-electron chi connectivity index (χ1n) is 8.60. The van der Waals surface area contributed by atoms with Gasteiger partial charge in [-0.3, -0.25) is 9.69 Å². The molecule has 2 aromatic carbocycles. The fraction of sp³-hybridized carbons (Fsp3) is 0.350. The Morgan fingerprint density at radius 2 is 1.54 bits per heavy atom. The van der Waals surface area contributed by atoms with Gasteiger partial charge in [-0.05, 0) is 24.6 Å². The summed E-state index contributed by atoms with van der Waals surface area (Å²) in [6.45, 7) is 6.33. The zero-order valence-electron chi connectivity index (χ0n) is 14.2. The molecule has 1 heterocycles. The number of carbonyl (C=O) groups excluding carboxylic acids is 1. The number of para-hydroxylation sites is 1. The summed E-state index contributed by atoms with van der Waals surface area (Å²) in [6, 6.07) is 20.4. The summed E-state index contributed by atoms with van der Waals surface area (Å²) in [5, 5.41) is 3.04. The summed E-state index contributed by atoms with van der Waals surface area (Å²) in [6.07, 6.45) is 0. The van der Waals surface area contributed by atoms with Gasteiger partial charge in [0, 0.05) is 38.4 Å². The van der Waals surface area contributed by atoms with E-state index in [-0.39, 0.29) is 11.9 Å². The summed E-state index contributed by atoms with van der Waals surface area (Å²) in [7, 11) is 0. The number of benzene rings is 2. The van der Waals surface area contributed by atoms with E-state index in [4.69, 9.17) is 0 Å². The lowest BCUT2D eigenvalue weighted by Gasteiger charge is -2.38. The highest BCUT2D eigenvalue weighted by Gasteiger charge is 2.25. The van der Waals surface area contributed by atoms with Gasteiger partial charge in [0.05, 0.1) is 6.04 Å². The van der Waals surface area contributed by atoms with Crippen molar-refractivity contribution < 1.29 is 4.79 Å². The topological polar surface area (TPSA) is 35.6 Å². The van der Waals surface area contributed by atoms with Gasteiger partial charge in [0.2, 0.25) is 5.91 Å². The highest BCUT2D eigenvalue weighted by Crippen LogP contribution is 2.16. The van der Waals surface area contributed by atoms with E-state index < -0.39 is 0 Å². The van der Waals surface area contributed by atoms with Crippen LogP contribution >= 0.6 is 0 Å². The Morgan fingerprint density at radius 3 is 2.17 bits per heavy atom. The number of amides is 1. The van der Waals surface area contributed by atoms with Gasteiger partial charge in [-0.15, -0.1) is 0 Å². The molecule has 3 rings (SSSR count). The first kappa shape index (κ1) is 16.5. The van der Waals surface area contributed by atoms with Gasteiger partial charge in [0.1, 0.15) is 0 Å². The highest BCUT2D eigenvalue weighted by molar-refractivity contribution is 5.81. The van der Waals surface area contributed by atoms with E-state index in [0.717, 1.165) is 31.7 Å². The molecule has 1 aliphatic heterocycles. The molecule has 1 aliphatic rings. The fourth-order valence-corrected chi connectivity index (χ4v) is 3.10. The second kappa shape index (κ2) is 7.97. The Labute approximate surface area is 144 Å². The number of rotatable bonds is 5. The van der Waals surface area contributed by atoms with E-state index in [1.807, 2.05) is 43.3 Å². The molecule has 0 aliphatic carbocycles. The van der Waals surface area contributed by atoms with Crippen LogP contribution in [0.3, 0.4) is 0 Å². The molecule has 0 unspecified atom stereocenters. The van der Waals surface area contributed by atoms with Gasteiger partial charge in [0.15, 0.2) is 0 Å². The molecule has 24 heavy (non-hydrogen) atoms. The first-order chi connectivity index (χ1) is 11.7.